The van der Waals surface area contributed by atoms with Crippen LogP contribution in [0.5, 0.6) is 0 Å². The minimum Gasteiger partial charge on any atom is -0.468 e. The first-order chi connectivity index (χ1) is 7.16. The van der Waals surface area contributed by atoms with Crippen LogP contribution in [0.2, 0.25) is 0 Å². The molecule has 5 nitrogen and oxygen atoms in total. The van der Waals surface area contributed by atoms with Crippen LogP contribution in [0, 0.1) is 0 Å². The Labute approximate surface area is 91.2 Å². The van der Waals surface area contributed by atoms with Crippen molar-refractivity contribution in [2.45, 2.75) is 18.9 Å². The summed E-state index contributed by atoms with van der Waals surface area (Å²) in [4.78, 5) is 10.8. The van der Waals surface area contributed by atoms with Gasteiger partial charge in [-0.25, -0.2) is 8.42 Å². The van der Waals surface area contributed by atoms with E-state index in [1.54, 1.807) is 0 Å². The van der Waals surface area contributed by atoms with E-state index in [1.165, 1.54) is 6.92 Å². The van der Waals surface area contributed by atoms with Crippen LogP contribution in [0.1, 0.15) is 13.3 Å². The van der Waals surface area contributed by atoms with E-state index in [0.29, 0.717) is 0 Å². The van der Waals surface area contributed by atoms with Crippen molar-refractivity contribution < 1.29 is 31.1 Å². The molecule has 0 saturated carbocycles. The minimum atomic E-state index is -5.47. The highest BCUT2D eigenvalue weighted by Gasteiger charge is 2.50. The fourth-order valence-electron chi connectivity index (χ4n) is 0.889. The van der Waals surface area contributed by atoms with Gasteiger partial charge in [-0.05, 0) is 6.42 Å². The van der Waals surface area contributed by atoms with Crippen molar-refractivity contribution in [3.8, 4) is 0 Å². The predicted molar refractivity (Wildman–Crippen MR) is 48.9 cm³/mol. The number of carbonyl (C=O) groups is 1. The second-order valence-electron chi connectivity index (χ2n) is 2.86. The smallest absolute Gasteiger partial charge is 0.468 e. The third-order valence-electron chi connectivity index (χ3n) is 1.64. The van der Waals surface area contributed by atoms with Crippen molar-refractivity contribution in [3.05, 3.63) is 0 Å². The van der Waals surface area contributed by atoms with Crippen LogP contribution in [0.4, 0.5) is 13.2 Å². The lowest BCUT2D eigenvalue weighted by Gasteiger charge is -2.21. The number of sulfonamides is 1. The maximum Gasteiger partial charge on any atom is 0.511 e. The highest BCUT2D eigenvalue weighted by atomic mass is 32.2. The normalized spacial score (nSPS) is 12.9. The van der Waals surface area contributed by atoms with Crippen molar-refractivity contribution in [3.63, 3.8) is 0 Å². The number of hydrogen-bond donors (Lipinski definition) is 0. The SMILES string of the molecule is CCCN(CC(=O)OC)S(=O)(=O)C(F)(F)F. The molecule has 0 aliphatic rings. The van der Waals surface area contributed by atoms with Gasteiger partial charge in [0, 0.05) is 6.54 Å². The summed E-state index contributed by atoms with van der Waals surface area (Å²) in [6.45, 7) is 0.166. The highest BCUT2D eigenvalue weighted by Crippen LogP contribution is 2.26. The van der Waals surface area contributed by atoms with Crippen molar-refractivity contribution in [2.75, 3.05) is 20.2 Å². The van der Waals surface area contributed by atoms with E-state index < -0.39 is 34.6 Å². The summed E-state index contributed by atoms with van der Waals surface area (Å²) in [6.07, 6.45) is 0.159. The molecule has 0 fully saturated rings. The van der Waals surface area contributed by atoms with Gasteiger partial charge in [0.2, 0.25) is 0 Å². The molecule has 0 N–H and O–H groups in total. The monoisotopic (exact) mass is 263 g/mol. The summed E-state index contributed by atoms with van der Waals surface area (Å²) in [6, 6.07) is 0. The van der Waals surface area contributed by atoms with Crippen LogP contribution >= 0.6 is 0 Å². The van der Waals surface area contributed by atoms with Crippen molar-refractivity contribution >= 4 is 16.0 Å². The van der Waals surface area contributed by atoms with Crippen LogP contribution < -0.4 is 0 Å². The molecule has 0 heterocycles. The zero-order chi connectivity index (χ0) is 13.0. The number of rotatable bonds is 5. The number of methoxy groups -OCH3 is 1. The molecule has 0 radical (unpaired) electrons. The van der Waals surface area contributed by atoms with Crippen LogP contribution in [0.25, 0.3) is 0 Å². The van der Waals surface area contributed by atoms with E-state index in [9.17, 15) is 26.4 Å². The molecule has 9 heteroatoms. The lowest BCUT2D eigenvalue weighted by Crippen LogP contribution is -2.43. The summed E-state index contributed by atoms with van der Waals surface area (Å²) in [5.74, 6) is -1.04. The average molecular weight is 263 g/mol. The van der Waals surface area contributed by atoms with Crippen LogP contribution in [0.15, 0.2) is 0 Å². The third kappa shape index (κ3) is 3.63. The molecule has 0 bridgehead atoms. The number of carbonyl (C=O) groups excluding carboxylic acids is 1. The molecular weight excluding hydrogens is 251 g/mol. The Bertz CT molecular complexity index is 338. The third-order valence-corrected chi connectivity index (χ3v) is 3.22. The Balaban J connectivity index is 4.99. The van der Waals surface area contributed by atoms with Crippen LogP contribution in [-0.4, -0.2) is 44.4 Å². The number of esters is 1. The molecule has 0 spiro atoms. The van der Waals surface area contributed by atoms with E-state index in [4.69, 9.17) is 0 Å². The van der Waals surface area contributed by atoms with Gasteiger partial charge in [-0.15, -0.1) is 0 Å². The molecular formula is C7H12F3NO4S. The van der Waals surface area contributed by atoms with Crippen molar-refractivity contribution in [2.24, 2.45) is 0 Å². The molecule has 0 aliphatic heterocycles. The van der Waals surface area contributed by atoms with Gasteiger partial charge >= 0.3 is 21.5 Å². The van der Waals surface area contributed by atoms with E-state index in [2.05, 4.69) is 4.74 Å². The van der Waals surface area contributed by atoms with Gasteiger partial charge in [-0.2, -0.15) is 17.5 Å². The highest BCUT2D eigenvalue weighted by molar-refractivity contribution is 7.90. The fraction of sp³-hybridized carbons (Fsp3) is 0.857. The molecule has 16 heavy (non-hydrogen) atoms. The minimum absolute atomic E-state index is 0.0544. The zero-order valence-corrected chi connectivity index (χ0v) is 9.56. The second-order valence-corrected chi connectivity index (χ2v) is 4.79. The lowest BCUT2D eigenvalue weighted by atomic mass is 10.5. The Morgan fingerprint density at radius 2 is 1.88 bits per heavy atom. The summed E-state index contributed by atoms with van der Waals surface area (Å²) < 4.78 is 62.7. The van der Waals surface area contributed by atoms with Gasteiger partial charge < -0.3 is 4.74 Å². The zero-order valence-electron chi connectivity index (χ0n) is 8.74. The molecule has 0 aromatic rings. The molecule has 0 aromatic carbocycles. The van der Waals surface area contributed by atoms with Gasteiger partial charge in [0.1, 0.15) is 6.54 Å². The Kier molecular flexibility index (Phi) is 5.20. The summed E-state index contributed by atoms with van der Waals surface area (Å²) in [5, 5.41) is 0. The molecule has 0 amide bonds. The standard InChI is InChI=1S/C7H12F3NO4S/c1-3-4-11(5-6(12)15-2)16(13,14)7(8,9)10/h3-5H2,1-2H3. The van der Waals surface area contributed by atoms with E-state index in [-0.39, 0.29) is 10.7 Å². The number of halogens is 3. The van der Waals surface area contributed by atoms with Crippen molar-refractivity contribution in [1.82, 2.24) is 4.31 Å². The molecule has 0 saturated heterocycles. The topological polar surface area (TPSA) is 63.7 Å². The van der Waals surface area contributed by atoms with Gasteiger partial charge in [0.15, 0.2) is 0 Å². The van der Waals surface area contributed by atoms with Gasteiger partial charge in [0.25, 0.3) is 0 Å². The molecule has 96 valence electrons. The van der Waals surface area contributed by atoms with Gasteiger partial charge in [0.05, 0.1) is 7.11 Å². The van der Waals surface area contributed by atoms with Gasteiger partial charge in [-0.3, -0.25) is 4.79 Å². The lowest BCUT2D eigenvalue weighted by molar-refractivity contribution is -0.141. The number of hydrogen-bond acceptors (Lipinski definition) is 4. The molecule has 0 rings (SSSR count). The number of ether oxygens (including phenoxy) is 1. The quantitative estimate of drug-likeness (QED) is 0.686. The van der Waals surface area contributed by atoms with E-state index in [0.717, 1.165) is 7.11 Å². The molecule has 0 aromatic heterocycles. The Morgan fingerprint density at radius 3 is 2.19 bits per heavy atom. The maximum atomic E-state index is 12.2. The van der Waals surface area contributed by atoms with Crippen LogP contribution in [0.3, 0.4) is 0 Å². The molecule has 0 aliphatic carbocycles. The maximum absolute atomic E-state index is 12.2. The first kappa shape index (κ1) is 15.2. The summed E-state index contributed by atoms with van der Waals surface area (Å²) in [7, 11) is -4.51. The van der Waals surface area contributed by atoms with Crippen molar-refractivity contribution in [1.29, 1.82) is 0 Å². The molecule has 0 unspecified atom stereocenters. The molecule has 0 atom stereocenters. The summed E-state index contributed by atoms with van der Waals surface area (Å²) >= 11 is 0. The average Bonchev–Trinajstić information content (AvgIpc) is 2.15. The van der Waals surface area contributed by atoms with Gasteiger partial charge in [-0.1, -0.05) is 6.92 Å². The number of alkyl halides is 3. The first-order valence-electron chi connectivity index (χ1n) is 4.30. The van der Waals surface area contributed by atoms with E-state index >= 15 is 0 Å². The second kappa shape index (κ2) is 5.48. The fourth-order valence-corrected chi connectivity index (χ4v) is 1.88. The predicted octanol–water partition coefficient (Wildman–Crippen LogP) is 0.721. The largest absolute Gasteiger partial charge is 0.511 e. The Hall–Kier alpha value is -0.830. The van der Waals surface area contributed by atoms with Crippen LogP contribution in [-0.2, 0) is 19.6 Å². The Morgan fingerprint density at radius 1 is 1.38 bits per heavy atom. The first-order valence-corrected chi connectivity index (χ1v) is 5.74. The number of nitrogens with zero attached hydrogens (tertiary/aromatic N) is 1. The van der Waals surface area contributed by atoms with E-state index in [1.807, 2.05) is 0 Å². The summed E-state index contributed by atoms with van der Waals surface area (Å²) in [5.41, 5.74) is -5.41.